The number of rotatable bonds is 11. The van der Waals surface area contributed by atoms with Crippen LogP contribution in [0.1, 0.15) is 61.4 Å². The molecule has 0 N–H and O–H groups in total. The van der Waals surface area contributed by atoms with Crippen LogP contribution in [0.3, 0.4) is 0 Å². The Bertz CT molecular complexity index is 902. The first-order valence-corrected chi connectivity index (χ1v) is 11.0. The van der Waals surface area contributed by atoms with E-state index in [2.05, 4.69) is 9.02 Å². The van der Waals surface area contributed by atoms with Crippen LogP contribution in [-0.4, -0.2) is 43.1 Å². The van der Waals surface area contributed by atoms with Crippen molar-refractivity contribution in [2.24, 2.45) is 0 Å². The molecule has 30 heavy (non-hydrogen) atoms. The minimum Gasteiger partial charge on any atom is -0.460 e. The molecule has 1 aliphatic heterocycles. The van der Waals surface area contributed by atoms with Crippen molar-refractivity contribution in [1.29, 1.82) is 0 Å². The number of amides is 2. The average Bonchev–Trinajstić information content (AvgIpc) is 2.70. The van der Waals surface area contributed by atoms with E-state index in [0.29, 0.717) is 18.4 Å². The first-order valence-electron chi connectivity index (χ1n) is 9.56. The molecule has 8 nitrogen and oxygen atoms in total. The van der Waals surface area contributed by atoms with Crippen LogP contribution in [0.15, 0.2) is 24.3 Å². The molecule has 2 rings (SSSR count). The Labute approximate surface area is 173 Å². The van der Waals surface area contributed by atoms with Crippen LogP contribution >= 0.6 is 0 Å². The number of ether oxygens (including phenoxy) is 1. The van der Waals surface area contributed by atoms with E-state index in [-0.39, 0.29) is 17.2 Å². The molecule has 0 saturated heterocycles. The van der Waals surface area contributed by atoms with Gasteiger partial charge in [-0.1, -0.05) is 57.2 Å². The molecule has 0 radical (unpaired) electrons. The summed E-state index contributed by atoms with van der Waals surface area (Å²) in [4.78, 5) is 35.9. The van der Waals surface area contributed by atoms with Crippen molar-refractivity contribution < 1.29 is 40.6 Å². The molecule has 0 aromatic heterocycles. The Balaban J connectivity index is 1.99. The number of hydroxylamine groups is 2. The van der Waals surface area contributed by atoms with Crippen molar-refractivity contribution in [3.8, 4) is 0 Å². The summed E-state index contributed by atoms with van der Waals surface area (Å²) in [5.74, 6) is -4.70. The molecule has 0 bridgehead atoms. The maximum absolute atomic E-state index is 14.1. The number of nitrogens with zero attached hydrogens (tertiary/aromatic N) is 1. The van der Waals surface area contributed by atoms with Gasteiger partial charge in [0.25, 0.3) is 11.8 Å². The lowest BCUT2D eigenvalue weighted by atomic mass is 10.00. The van der Waals surface area contributed by atoms with Gasteiger partial charge >= 0.3 is 21.3 Å². The van der Waals surface area contributed by atoms with E-state index in [4.69, 9.17) is 0 Å². The van der Waals surface area contributed by atoms with Crippen molar-refractivity contribution >= 4 is 27.9 Å². The number of esters is 1. The van der Waals surface area contributed by atoms with Crippen LogP contribution in [0, 0.1) is 0 Å². The van der Waals surface area contributed by atoms with Crippen molar-refractivity contribution in [2.75, 3.05) is 6.61 Å². The first-order chi connectivity index (χ1) is 14.1. The van der Waals surface area contributed by atoms with Crippen LogP contribution in [0.2, 0.25) is 0 Å². The molecule has 1 aliphatic rings. The predicted molar refractivity (Wildman–Crippen MR) is 101 cm³/mol. The maximum atomic E-state index is 14.1. The SMILES string of the molecule is CCCCCCCCOC(=O)C(F)(F)S(=O)(=O)ON1C(=O)Cc2ccccc2C1=O. The van der Waals surface area contributed by atoms with Gasteiger partial charge in [0.05, 0.1) is 13.0 Å². The van der Waals surface area contributed by atoms with Crippen molar-refractivity contribution in [3.63, 3.8) is 0 Å². The molecular weight excluding hydrogens is 424 g/mol. The number of alkyl halides is 2. The van der Waals surface area contributed by atoms with E-state index in [0.717, 1.165) is 25.7 Å². The molecule has 166 valence electrons. The minimum absolute atomic E-state index is 0.0683. The summed E-state index contributed by atoms with van der Waals surface area (Å²) in [6.07, 6.45) is 4.38. The van der Waals surface area contributed by atoms with E-state index in [1.165, 1.54) is 18.2 Å². The third-order valence-electron chi connectivity index (χ3n) is 4.46. The third-order valence-corrected chi connectivity index (χ3v) is 5.60. The zero-order chi connectivity index (χ0) is 22.4. The minimum atomic E-state index is -6.01. The molecule has 0 fully saturated rings. The lowest BCUT2D eigenvalue weighted by Gasteiger charge is -2.26. The van der Waals surface area contributed by atoms with Gasteiger partial charge in [-0.05, 0) is 18.1 Å². The normalized spacial score (nSPS) is 14.6. The van der Waals surface area contributed by atoms with Gasteiger partial charge in [-0.2, -0.15) is 17.2 Å². The van der Waals surface area contributed by atoms with E-state index in [9.17, 15) is 31.6 Å². The van der Waals surface area contributed by atoms with Crippen LogP contribution in [0.25, 0.3) is 0 Å². The Morgan fingerprint density at radius 2 is 1.73 bits per heavy atom. The van der Waals surface area contributed by atoms with Gasteiger partial charge < -0.3 is 4.74 Å². The zero-order valence-corrected chi connectivity index (χ0v) is 17.3. The summed E-state index contributed by atoms with van der Waals surface area (Å²) in [5, 5.41) is -5.36. The number of carbonyl (C=O) groups excluding carboxylic acids is 3. The second-order valence-corrected chi connectivity index (χ2v) is 8.35. The number of carbonyl (C=O) groups is 3. The molecule has 0 unspecified atom stereocenters. The van der Waals surface area contributed by atoms with Crippen LogP contribution in [0.4, 0.5) is 8.78 Å². The molecular formula is C19H23F2NO7S. The highest BCUT2D eigenvalue weighted by molar-refractivity contribution is 7.88. The van der Waals surface area contributed by atoms with Gasteiger partial charge in [0, 0.05) is 5.56 Å². The zero-order valence-electron chi connectivity index (χ0n) is 16.4. The highest BCUT2D eigenvalue weighted by atomic mass is 32.2. The summed E-state index contributed by atoms with van der Waals surface area (Å²) in [6, 6.07) is 5.76. The highest BCUT2D eigenvalue weighted by Gasteiger charge is 2.58. The first kappa shape index (κ1) is 23.9. The molecule has 11 heteroatoms. The Morgan fingerprint density at radius 3 is 2.43 bits per heavy atom. The number of hydrogen-bond acceptors (Lipinski definition) is 7. The van der Waals surface area contributed by atoms with Gasteiger partial charge in [-0.25, -0.2) is 4.79 Å². The largest absolute Gasteiger partial charge is 0.467 e. The molecule has 0 aliphatic carbocycles. The Hall–Kier alpha value is -2.40. The van der Waals surface area contributed by atoms with Crippen LogP contribution < -0.4 is 0 Å². The lowest BCUT2D eigenvalue weighted by molar-refractivity contribution is -0.165. The number of fused-ring (bicyclic) bond motifs is 1. The second-order valence-electron chi connectivity index (χ2n) is 6.78. The monoisotopic (exact) mass is 447 g/mol. The van der Waals surface area contributed by atoms with Gasteiger partial charge in [0.1, 0.15) is 0 Å². The molecule has 1 aromatic rings. The van der Waals surface area contributed by atoms with Crippen LogP contribution in [-0.2, 0) is 35.1 Å². The summed E-state index contributed by atoms with van der Waals surface area (Å²) in [6.45, 7) is 1.65. The van der Waals surface area contributed by atoms with Crippen LogP contribution in [0.5, 0.6) is 0 Å². The second kappa shape index (κ2) is 10.1. The fourth-order valence-electron chi connectivity index (χ4n) is 2.79. The van der Waals surface area contributed by atoms with E-state index < -0.39 is 39.6 Å². The summed E-state index contributed by atoms with van der Waals surface area (Å²) in [7, 11) is -6.01. The molecule has 1 aromatic carbocycles. The van der Waals surface area contributed by atoms with Gasteiger partial charge in [-0.15, -0.1) is 9.35 Å². The van der Waals surface area contributed by atoms with Gasteiger partial charge in [0.2, 0.25) is 0 Å². The molecule has 0 spiro atoms. The molecule has 1 heterocycles. The number of hydrogen-bond donors (Lipinski definition) is 0. The molecule has 0 saturated carbocycles. The summed E-state index contributed by atoms with van der Waals surface area (Å²) >= 11 is 0. The quantitative estimate of drug-likeness (QED) is 0.292. The highest BCUT2D eigenvalue weighted by Crippen LogP contribution is 2.29. The fraction of sp³-hybridized carbons (Fsp3) is 0.526. The maximum Gasteiger partial charge on any atom is 0.467 e. The van der Waals surface area contributed by atoms with Crippen molar-refractivity contribution in [1.82, 2.24) is 5.06 Å². The number of unbranched alkanes of at least 4 members (excludes halogenated alkanes) is 5. The number of halogens is 2. The summed E-state index contributed by atoms with van der Waals surface area (Å²) < 4.78 is 60.6. The number of imide groups is 1. The Kier molecular flexibility index (Phi) is 8.02. The van der Waals surface area contributed by atoms with E-state index in [1.807, 2.05) is 6.92 Å². The van der Waals surface area contributed by atoms with E-state index in [1.54, 1.807) is 6.07 Å². The van der Waals surface area contributed by atoms with Crippen molar-refractivity contribution in [2.45, 2.75) is 57.1 Å². The Morgan fingerprint density at radius 1 is 1.10 bits per heavy atom. The predicted octanol–water partition coefficient (Wildman–Crippen LogP) is 2.97. The van der Waals surface area contributed by atoms with Crippen molar-refractivity contribution in [3.05, 3.63) is 35.4 Å². The summed E-state index contributed by atoms with van der Waals surface area (Å²) in [5.41, 5.74) is 0.233. The third kappa shape index (κ3) is 5.39. The van der Waals surface area contributed by atoms with E-state index >= 15 is 0 Å². The topological polar surface area (TPSA) is 107 Å². The molecule has 0 atom stereocenters. The smallest absolute Gasteiger partial charge is 0.460 e. The fourth-order valence-corrected chi connectivity index (χ4v) is 3.50. The molecule has 2 amide bonds. The lowest BCUT2D eigenvalue weighted by Crippen LogP contribution is -2.49. The van der Waals surface area contributed by atoms with Gasteiger partial charge in [0.15, 0.2) is 0 Å². The standard InChI is InChI=1S/C19H23F2NO7S/c1-2-3-4-5-6-9-12-28-18(25)19(20,21)30(26,27)29-22-16(23)13-14-10-7-8-11-15(14)17(22)24/h7-8,10-11H,2-6,9,12-13H2,1H3. The number of benzene rings is 1. The average molecular weight is 447 g/mol. The van der Waals surface area contributed by atoms with Gasteiger partial charge in [-0.3, -0.25) is 9.59 Å².